The number of benzene rings is 1. The van der Waals surface area contributed by atoms with Crippen LogP contribution in [0.2, 0.25) is 5.02 Å². The van der Waals surface area contributed by atoms with E-state index >= 15 is 0 Å². The van der Waals surface area contributed by atoms with E-state index in [-0.39, 0.29) is 5.57 Å². The molecule has 0 aliphatic heterocycles. The number of hydrogen-bond donors (Lipinski definition) is 1. The minimum Gasteiger partial charge on any atom is -0.423 e. The van der Waals surface area contributed by atoms with Crippen molar-refractivity contribution in [3.05, 3.63) is 57.0 Å². The molecule has 0 fully saturated rings. The molecule has 0 aliphatic carbocycles. The van der Waals surface area contributed by atoms with Gasteiger partial charge in [-0.1, -0.05) is 18.2 Å². The maximum atomic E-state index is 12.1. The van der Waals surface area contributed by atoms with Crippen LogP contribution >= 0.6 is 22.9 Å². The number of thiazole rings is 1. The van der Waals surface area contributed by atoms with Gasteiger partial charge in [0.25, 0.3) is 0 Å². The quantitative estimate of drug-likeness (QED) is 0.530. The smallest absolute Gasteiger partial charge is 0.341 e. The number of rotatable bonds is 4. The molecular formula is C15H14ClNO3S. The van der Waals surface area contributed by atoms with Crippen molar-refractivity contribution in [1.29, 1.82) is 0 Å². The first-order valence-corrected chi connectivity index (χ1v) is 7.41. The van der Waals surface area contributed by atoms with Crippen LogP contribution in [-0.2, 0) is 4.79 Å². The Hall–Kier alpha value is -1.69. The maximum Gasteiger partial charge on any atom is 0.341 e. The van der Waals surface area contributed by atoms with E-state index in [0.717, 1.165) is 11.1 Å². The summed E-state index contributed by atoms with van der Waals surface area (Å²) in [7, 11) is 0. The molecule has 1 N–H and O–H groups in total. The van der Waals surface area contributed by atoms with Gasteiger partial charge in [-0.2, -0.15) is 0 Å². The number of aliphatic hydroxyl groups is 1. The molecule has 1 unspecified atom stereocenters. The van der Waals surface area contributed by atoms with Crippen molar-refractivity contribution < 1.29 is 14.6 Å². The Kier molecular flexibility index (Phi) is 4.77. The van der Waals surface area contributed by atoms with Gasteiger partial charge in [-0.15, -0.1) is 11.3 Å². The monoisotopic (exact) mass is 323 g/mol. The molecule has 2 aromatic rings. The van der Waals surface area contributed by atoms with Gasteiger partial charge in [0.15, 0.2) is 0 Å². The van der Waals surface area contributed by atoms with Crippen LogP contribution in [0.5, 0.6) is 5.75 Å². The van der Waals surface area contributed by atoms with Crippen molar-refractivity contribution in [3.63, 3.8) is 0 Å². The van der Waals surface area contributed by atoms with Gasteiger partial charge in [-0.25, -0.2) is 9.78 Å². The first-order chi connectivity index (χ1) is 9.90. The summed E-state index contributed by atoms with van der Waals surface area (Å²) in [6.07, 6.45) is 0.389. The van der Waals surface area contributed by atoms with Gasteiger partial charge in [-0.3, -0.25) is 0 Å². The summed E-state index contributed by atoms with van der Waals surface area (Å²) >= 11 is 7.18. The third kappa shape index (κ3) is 3.50. The van der Waals surface area contributed by atoms with E-state index in [0.29, 0.717) is 15.8 Å². The summed E-state index contributed by atoms with van der Waals surface area (Å²) in [4.78, 5) is 16.1. The molecule has 0 bridgehead atoms. The lowest BCUT2D eigenvalue weighted by atomic mass is 10.1. The summed E-state index contributed by atoms with van der Waals surface area (Å²) in [6, 6.07) is 3.41. The number of aromatic nitrogens is 1. The molecule has 2 rings (SSSR count). The molecule has 21 heavy (non-hydrogen) atoms. The Morgan fingerprint density at radius 2 is 2.05 bits per heavy atom. The first kappa shape index (κ1) is 15.7. The molecule has 6 heteroatoms. The third-order valence-electron chi connectivity index (χ3n) is 2.90. The van der Waals surface area contributed by atoms with Crippen LogP contribution in [0.1, 0.15) is 22.2 Å². The summed E-state index contributed by atoms with van der Waals surface area (Å²) in [5.41, 5.74) is 1.42. The minimum absolute atomic E-state index is 0.0568. The Morgan fingerprint density at radius 1 is 1.43 bits per heavy atom. The van der Waals surface area contributed by atoms with Crippen molar-refractivity contribution >= 4 is 28.9 Å². The number of hydrogen-bond acceptors (Lipinski definition) is 5. The number of aliphatic hydroxyl groups excluding tert-OH is 1. The van der Waals surface area contributed by atoms with Gasteiger partial charge in [-0.05, 0) is 37.1 Å². The van der Waals surface area contributed by atoms with Crippen LogP contribution < -0.4 is 4.74 Å². The van der Waals surface area contributed by atoms with E-state index in [1.54, 1.807) is 37.6 Å². The van der Waals surface area contributed by atoms with Gasteiger partial charge >= 0.3 is 5.97 Å². The highest BCUT2D eigenvalue weighted by Crippen LogP contribution is 2.29. The molecule has 110 valence electrons. The standard InChI is InChI=1S/C15H14ClNO3S/c1-8-6-11(16)7-9(2)13(8)20-15(19)10(3)12(18)14-17-4-5-21-14/h4-7,12,18H,3H2,1-2H3. The Labute approximate surface area is 131 Å². The van der Waals surface area contributed by atoms with E-state index in [2.05, 4.69) is 11.6 Å². The largest absolute Gasteiger partial charge is 0.423 e. The highest BCUT2D eigenvalue weighted by Gasteiger charge is 2.23. The molecule has 0 saturated carbocycles. The topological polar surface area (TPSA) is 59.4 Å². The van der Waals surface area contributed by atoms with Crippen LogP contribution in [0.15, 0.2) is 35.9 Å². The van der Waals surface area contributed by atoms with E-state index in [4.69, 9.17) is 16.3 Å². The zero-order chi connectivity index (χ0) is 15.6. The molecule has 0 aliphatic rings. The molecule has 4 nitrogen and oxygen atoms in total. The number of aryl methyl sites for hydroxylation is 2. The summed E-state index contributed by atoms with van der Waals surface area (Å²) < 4.78 is 5.33. The van der Waals surface area contributed by atoms with E-state index < -0.39 is 12.1 Å². The number of ether oxygens (including phenoxy) is 1. The number of carbonyl (C=O) groups excluding carboxylic acids is 1. The second kappa shape index (κ2) is 6.39. The number of esters is 1. The molecule has 1 atom stereocenters. The first-order valence-electron chi connectivity index (χ1n) is 6.15. The van der Waals surface area contributed by atoms with E-state index in [1.165, 1.54) is 11.3 Å². The molecule has 1 heterocycles. The van der Waals surface area contributed by atoms with Crippen LogP contribution in [-0.4, -0.2) is 16.1 Å². The zero-order valence-electron chi connectivity index (χ0n) is 11.6. The van der Waals surface area contributed by atoms with Gasteiger partial charge in [0.05, 0.1) is 5.57 Å². The van der Waals surface area contributed by atoms with Gasteiger partial charge in [0.1, 0.15) is 16.9 Å². The van der Waals surface area contributed by atoms with Crippen LogP contribution in [0.4, 0.5) is 0 Å². The molecular weight excluding hydrogens is 310 g/mol. The highest BCUT2D eigenvalue weighted by molar-refractivity contribution is 7.09. The van der Waals surface area contributed by atoms with Gasteiger partial charge < -0.3 is 9.84 Å². The second-order valence-electron chi connectivity index (χ2n) is 4.56. The van der Waals surface area contributed by atoms with Crippen molar-refractivity contribution in [3.8, 4) is 5.75 Å². The number of nitrogens with zero attached hydrogens (tertiary/aromatic N) is 1. The summed E-state index contributed by atoms with van der Waals surface area (Å²) in [6.45, 7) is 7.19. The fraction of sp³-hybridized carbons (Fsp3) is 0.200. The van der Waals surface area contributed by atoms with Gasteiger partial charge in [0, 0.05) is 16.6 Å². The average Bonchev–Trinajstić information content (AvgIpc) is 2.94. The summed E-state index contributed by atoms with van der Waals surface area (Å²) in [5.74, 6) is -0.261. The normalized spacial score (nSPS) is 12.0. The van der Waals surface area contributed by atoms with Crippen LogP contribution in [0.3, 0.4) is 0 Å². The fourth-order valence-corrected chi connectivity index (χ4v) is 2.83. The highest BCUT2D eigenvalue weighted by atomic mass is 35.5. The van der Waals surface area contributed by atoms with Gasteiger partial charge in [0.2, 0.25) is 0 Å². The molecule has 0 amide bonds. The van der Waals surface area contributed by atoms with Crippen molar-refractivity contribution in [1.82, 2.24) is 4.98 Å². The number of carbonyl (C=O) groups is 1. The average molecular weight is 324 g/mol. The zero-order valence-corrected chi connectivity index (χ0v) is 13.2. The lowest BCUT2D eigenvalue weighted by molar-refractivity contribution is -0.131. The van der Waals surface area contributed by atoms with Crippen molar-refractivity contribution in [2.24, 2.45) is 0 Å². The Morgan fingerprint density at radius 3 is 2.57 bits per heavy atom. The van der Waals surface area contributed by atoms with Crippen LogP contribution in [0, 0.1) is 13.8 Å². The Balaban J connectivity index is 2.17. The molecule has 1 aromatic carbocycles. The molecule has 0 radical (unpaired) electrons. The Bertz CT molecular complexity index is 659. The molecule has 1 aromatic heterocycles. The maximum absolute atomic E-state index is 12.1. The lowest BCUT2D eigenvalue weighted by Crippen LogP contribution is -2.17. The third-order valence-corrected chi connectivity index (χ3v) is 3.94. The van der Waals surface area contributed by atoms with Crippen molar-refractivity contribution in [2.75, 3.05) is 0 Å². The number of halogens is 1. The van der Waals surface area contributed by atoms with E-state index in [9.17, 15) is 9.90 Å². The fourth-order valence-electron chi connectivity index (χ4n) is 1.85. The van der Waals surface area contributed by atoms with E-state index in [1.807, 2.05) is 0 Å². The van der Waals surface area contributed by atoms with Crippen molar-refractivity contribution in [2.45, 2.75) is 20.0 Å². The molecule has 0 saturated heterocycles. The summed E-state index contributed by atoms with van der Waals surface area (Å²) in [5, 5.41) is 12.7. The predicted molar refractivity (Wildman–Crippen MR) is 82.8 cm³/mol. The SMILES string of the molecule is C=C(C(=O)Oc1c(C)cc(Cl)cc1C)C(O)c1nccs1. The second-order valence-corrected chi connectivity index (χ2v) is 5.92. The minimum atomic E-state index is -1.16. The van der Waals surface area contributed by atoms with Crippen LogP contribution in [0.25, 0.3) is 0 Å². The molecule has 0 spiro atoms. The lowest BCUT2D eigenvalue weighted by Gasteiger charge is -2.14. The predicted octanol–water partition coefficient (Wildman–Crippen LogP) is 3.61.